The largest absolute Gasteiger partial charge is 0.382 e. The van der Waals surface area contributed by atoms with E-state index in [0.717, 1.165) is 32.0 Å². The molecule has 1 aromatic carbocycles. The van der Waals surface area contributed by atoms with Gasteiger partial charge in [0.25, 0.3) is 0 Å². The fourth-order valence-electron chi connectivity index (χ4n) is 4.22. The number of ketones is 1. The Kier molecular flexibility index (Phi) is 6.90. The first-order valence-electron chi connectivity index (χ1n) is 10.4. The van der Waals surface area contributed by atoms with Crippen LogP contribution in [-0.2, 0) is 4.79 Å². The van der Waals surface area contributed by atoms with Gasteiger partial charge in [0, 0.05) is 37.8 Å². The summed E-state index contributed by atoms with van der Waals surface area (Å²) in [6.45, 7) is 6.90. The Morgan fingerprint density at radius 3 is 2.46 bits per heavy atom. The van der Waals surface area contributed by atoms with Crippen molar-refractivity contribution in [1.82, 2.24) is 4.90 Å². The van der Waals surface area contributed by atoms with E-state index >= 15 is 0 Å². The Labute approximate surface area is 158 Å². The van der Waals surface area contributed by atoms with Crippen LogP contribution in [0.2, 0.25) is 0 Å². The second kappa shape index (κ2) is 9.36. The average molecular weight is 355 g/mol. The van der Waals surface area contributed by atoms with Gasteiger partial charge in [-0.3, -0.25) is 9.69 Å². The normalized spacial score (nSPS) is 24.2. The zero-order valence-electron chi connectivity index (χ0n) is 16.5. The number of hydrogen-bond donors (Lipinski definition) is 1. The number of carbonyl (C=O) groups excluding carboxylic acids is 1. The molecule has 0 unspecified atom stereocenters. The van der Waals surface area contributed by atoms with E-state index in [1.807, 2.05) is 0 Å². The third kappa shape index (κ3) is 5.44. The molecule has 1 saturated carbocycles. The lowest BCUT2D eigenvalue weighted by Crippen LogP contribution is -2.30. The number of hydrogen-bond acceptors (Lipinski definition) is 3. The molecule has 0 amide bonds. The predicted molar refractivity (Wildman–Crippen MR) is 110 cm³/mol. The van der Waals surface area contributed by atoms with Gasteiger partial charge in [0.1, 0.15) is 5.78 Å². The molecule has 3 heteroatoms. The molecule has 1 heterocycles. The number of benzene rings is 1. The number of carbonyl (C=O) groups is 1. The fourth-order valence-corrected chi connectivity index (χ4v) is 4.22. The van der Waals surface area contributed by atoms with Crippen LogP contribution in [-0.4, -0.2) is 36.4 Å². The van der Waals surface area contributed by atoms with Gasteiger partial charge in [-0.1, -0.05) is 31.6 Å². The van der Waals surface area contributed by atoms with Crippen LogP contribution < -0.4 is 5.32 Å². The highest BCUT2D eigenvalue weighted by Gasteiger charge is 2.19. The molecule has 1 aliphatic carbocycles. The fraction of sp³-hybridized carbons (Fsp3) is 0.609. The van der Waals surface area contributed by atoms with Gasteiger partial charge in [-0.25, -0.2) is 0 Å². The molecule has 1 fully saturated rings. The van der Waals surface area contributed by atoms with Gasteiger partial charge in [0.15, 0.2) is 0 Å². The first-order chi connectivity index (χ1) is 12.6. The lowest BCUT2D eigenvalue weighted by atomic mass is 9.84. The third-order valence-corrected chi connectivity index (χ3v) is 6.12. The molecule has 3 rings (SSSR count). The molecule has 0 saturated heterocycles. The van der Waals surface area contributed by atoms with Crippen molar-refractivity contribution in [3.8, 4) is 0 Å². The molecular formula is C23H34N2O. The number of Topliss-reactive ketones (excluding diaryl/α,β-unsaturated/α-hetero) is 1. The Morgan fingerprint density at radius 2 is 1.88 bits per heavy atom. The van der Waals surface area contributed by atoms with Crippen LogP contribution in [0.5, 0.6) is 0 Å². The smallest absolute Gasteiger partial charge is 0.131 e. The minimum atomic E-state index is 0.283. The van der Waals surface area contributed by atoms with Crippen LogP contribution >= 0.6 is 0 Å². The molecule has 1 N–H and O–H groups in total. The van der Waals surface area contributed by atoms with Crippen molar-refractivity contribution in [2.75, 3.05) is 25.0 Å². The molecule has 0 bridgehead atoms. The Hall–Kier alpha value is -1.61. The highest BCUT2D eigenvalue weighted by Crippen LogP contribution is 2.29. The molecule has 26 heavy (non-hydrogen) atoms. The maximum absolute atomic E-state index is 11.1. The van der Waals surface area contributed by atoms with E-state index in [1.165, 1.54) is 48.9 Å². The van der Waals surface area contributed by atoms with E-state index in [9.17, 15) is 4.79 Å². The lowest BCUT2D eigenvalue weighted by Gasteiger charge is -2.29. The molecule has 1 aliphatic heterocycles. The summed E-state index contributed by atoms with van der Waals surface area (Å²) < 4.78 is 0. The van der Waals surface area contributed by atoms with Gasteiger partial charge in [-0.2, -0.15) is 0 Å². The summed E-state index contributed by atoms with van der Waals surface area (Å²) in [6.07, 6.45) is 10.8. The van der Waals surface area contributed by atoms with Crippen molar-refractivity contribution in [2.45, 2.75) is 64.8 Å². The zero-order valence-corrected chi connectivity index (χ0v) is 16.5. The predicted octanol–water partition coefficient (Wildman–Crippen LogP) is 5.14. The molecule has 2 aliphatic rings. The van der Waals surface area contributed by atoms with Crippen molar-refractivity contribution < 1.29 is 4.79 Å². The second-order valence-corrected chi connectivity index (χ2v) is 8.08. The number of anilines is 1. The highest BCUT2D eigenvalue weighted by atomic mass is 16.1. The summed E-state index contributed by atoms with van der Waals surface area (Å²) in [7, 11) is 0. The molecule has 142 valence electrons. The topological polar surface area (TPSA) is 32.3 Å². The first-order valence-corrected chi connectivity index (χ1v) is 10.4. The molecule has 1 aromatic rings. The summed E-state index contributed by atoms with van der Waals surface area (Å²) >= 11 is 0. The van der Waals surface area contributed by atoms with Gasteiger partial charge in [-0.15, -0.1) is 0 Å². The molecule has 3 nitrogen and oxygen atoms in total. The summed E-state index contributed by atoms with van der Waals surface area (Å²) in [5.41, 5.74) is 4.05. The van der Waals surface area contributed by atoms with Crippen LogP contribution in [0.3, 0.4) is 0 Å². The third-order valence-electron chi connectivity index (χ3n) is 6.12. The van der Waals surface area contributed by atoms with E-state index in [2.05, 4.69) is 47.5 Å². The quantitative estimate of drug-likeness (QED) is 0.736. The average Bonchev–Trinajstić information content (AvgIpc) is 2.68. The van der Waals surface area contributed by atoms with Gasteiger partial charge >= 0.3 is 0 Å². The monoisotopic (exact) mass is 354 g/mol. The van der Waals surface area contributed by atoms with Crippen LogP contribution in [0.1, 0.15) is 64.4 Å². The zero-order chi connectivity index (χ0) is 18.4. The van der Waals surface area contributed by atoms with Crippen molar-refractivity contribution in [3.63, 3.8) is 0 Å². The van der Waals surface area contributed by atoms with E-state index in [-0.39, 0.29) is 5.78 Å². The van der Waals surface area contributed by atoms with Gasteiger partial charge in [0.2, 0.25) is 0 Å². The van der Waals surface area contributed by atoms with Crippen molar-refractivity contribution in [3.05, 3.63) is 35.9 Å². The van der Waals surface area contributed by atoms with Gasteiger partial charge in [-0.05, 0) is 68.2 Å². The van der Waals surface area contributed by atoms with Gasteiger partial charge in [0.05, 0.1) is 0 Å². The summed E-state index contributed by atoms with van der Waals surface area (Å²) in [4.78, 5) is 13.5. The molecular weight excluding hydrogens is 320 g/mol. The number of rotatable bonds is 7. The Balaban J connectivity index is 1.49. The standard InChI is InChI=1S/C23H34N2O/c1-3-19-4-8-22(9-5-19)24-23-10-6-20(7-11-23)21-13-16-25(17-14-21)15-12-18(2)26/h6-7,10-11,13,19,22,24H,3-5,8-9,12,14-17H2,1-2H3. The van der Waals surface area contributed by atoms with Crippen LogP contribution in [0.25, 0.3) is 5.57 Å². The first kappa shape index (κ1) is 19.2. The van der Waals surface area contributed by atoms with Crippen LogP contribution in [0.15, 0.2) is 30.3 Å². The van der Waals surface area contributed by atoms with Crippen molar-refractivity contribution >= 4 is 17.0 Å². The van der Waals surface area contributed by atoms with E-state index < -0.39 is 0 Å². The maximum Gasteiger partial charge on any atom is 0.131 e. The summed E-state index contributed by atoms with van der Waals surface area (Å²) in [6, 6.07) is 9.65. The van der Waals surface area contributed by atoms with Crippen LogP contribution in [0.4, 0.5) is 5.69 Å². The van der Waals surface area contributed by atoms with Crippen molar-refractivity contribution in [1.29, 1.82) is 0 Å². The Bertz CT molecular complexity index is 612. The maximum atomic E-state index is 11.1. The van der Waals surface area contributed by atoms with E-state index in [1.54, 1.807) is 6.92 Å². The molecule has 0 aromatic heterocycles. The number of nitrogens with one attached hydrogen (secondary N) is 1. The summed E-state index contributed by atoms with van der Waals surface area (Å²) in [5, 5.41) is 3.73. The number of nitrogens with zero attached hydrogens (tertiary/aromatic N) is 1. The molecule has 0 radical (unpaired) electrons. The minimum Gasteiger partial charge on any atom is -0.382 e. The molecule has 0 atom stereocenters. The van der Waals surface area contributed by atoms with Crippen molar-refractivity contribution in [2.24, 2.45) is 5.92 Å². The SMILES string of the molecule is CCC1CCC(Nc2ccc(C3=CCN(CCC(C)=O)CC3)cc2)CC1. The highest BCUT2D eigenvalue weighted by molar-refractivity contribution is 5.75. The molecule has 0 spiro atoms. The Morgan fingerprint density at radius 1 is 1.15 bits per heavy atom. The minimum absolute atomic E-state index is 0.283. The van der Waals surface area contributed by atoms with Gasteiger partial charge < -0.3 is 5.32 Å². The van der Waals surface area contributed by atoms with E-state index in [4.69, 9.17) is 0 Å². The van der Waals surface area contributed by atoms with E-state index in [0.29, 0.717) is 12.5 Å². The van der Waals surface area contributed by atoms with Crippen LogP contribution in [0, 0.1) is 5.92 Å². The lowest BCUT2D eigenvalue weighted by molar-refractivity contribution is -0.117. The second-order valence-electron chi connectivity index (χ2n) is 8.08. The summed E-state index contributed by atoms with van der Waals surface area (Å²) in [5.74, 6) is 1.23.